The van der Waals surface area contributed by atoms with Crippen LogP contribution in [0.25, 0.3) is 11.0 Å². The molecular formula is C9H8N2O3. The second-order valence-corrected chi connectivity index (χ2v) is 2.75. The summed E-state index contributed by atoms with van der Waals surface area (Å²) in [6.07, 6.45) is 1.41. The van der Waals surface area contributed by atoms with Gasteiger partial charge in [0.2, 0.25) is 0 Å². The number of hydrogen-bond acceptors (Lipinski definition) is 4. The van der Waals surface area contributed by atoms with Gasteiger partial charge in [0.05, 0.1) is 19.0 Å². The minimum atomic E-state index is -0.470. The van der Waals surface area contributed by atoms with Crippen molar-refractivity contribution in [1.82, 2.24) is 9.97 Å². The summed E-state index contributed by atoms with van der Waals surface area (Å²) in [6.45, 7) is 0. The van der Waals surface area contributed by atoms with Gasteiger partial charge in [-0.25, -0.2) is 9.78 Å². The lowest BCUT2D eigenvalue weighted by Crippen LogP contribution is -2.01. The molecule has 0 unspecified atom stereocenters. The molecule has 0 aliphatic heterocycles. The van der Waals surface area contributed by atoms with Crippen LogP contribution < -0.4 is 0 Å². The summed E-state index contributed by atoms with van der Waals surface area (Å²) in [6, 6.07) is 2.90. The largest absolute Gasteiger partial charge is 0.506 e. The average Bonchev–Trinajstić information content (AvgIpc) is 2.67. The summed E-state index contributed by atoms with van der Waals surface area (Å²) in [7, 11) is 1.30. The summed E-state index contributed by atoms with van der Waals surface area (Å²) in [5.74, 6) is -0.410. The monoisotopic (exact) mass is 192 g/mol. The molecule has 0 bridgehead atoms. The number of methoxy groups -OCH3 is 1. The molecule has 72 valence electrons. The number of carbonyl (C=O) groups excluding carboxylic acids is 1. The van der Waals surface area contributed by atoms with Gasteiger partial charge in [0.1, 0.15) is 16.8 Å². The Labute approximate surface area is 79.3 Å². The molecule has 1 aromatic heterocycles. The molecule has 14 heavy (non-hydrogen) atoms. The molecule has 0 saturated carbocycles. The number of esters is 1. The smallest absolute Gasteiger partial charge is 0.340 e. The number of nitrogens with zero attached hydrogens (tertiary/aromatic N) is 1. The van der Waals surface area contributed by atoms with E-state index in [1.165, 1.54) is 25.6 Å². The predicted molar refractivity (Wildman–Crippen MR) is 49.1 cm³/mol. The van der Waals surface area contributed by atoms with Gasteiger partial charge in [0.15, 0.2) is 0 Å². The first-order valence-corrected chi connectivity index (χ1v) is 3.97. The van der Waals surface area contributed by atoms with Crippen molar-refractivity contribution < 1.29 is 14.6 Å². The number of phenolic OH excluding ortho intramolecular Hbond substituents is 1. The highest BCUT2D eigenvalue weighted by Gasteiger charge is 2.14. The number of rotatable bonds is 1. The first-order chi connectivity index (χ1) is 6.74. The molecule has 2 rings (SSSR count). The van der Waals surface area contributed by atoms with Crippen molar-refractivity contribution in [2.24, 2.45) is 0 Å². The van der Waals surface area contributed by atoms with Gasteiger partial charge in [-0.15, -0.1) is 0 Å². The van der Waals surface area contributed by atoms with Crippen LogP contribution in [0.5, 0.6) is 5.75 Å². The van der Waals surface area contributed by atoms with E-state index in [1.807, 2.05) is 0 Å². The van der Waals surface area contributed by atoms with Crippen LogP contribution in [-0.2, 0) is 4.74 Å². The van der Waals surface area contributed by atoms with Gasteiger partial charge in [-0.2, -0.15) is 0 Å². The quantitative estimate of drug-likeness (QED) is 0.662. The van der Waals surface area contributed by atoms with E-state index in [9.17, 15) is 9.90 Å². The van der Waals surface area contributed by atoms with Crippen molar-refractivity contribution in [3.05, 3.63) is 24.0 Å². The number of aromatic hydroxyl groups is 1. The number of phenols is 1. The molecule has 0 amide bonds. The van der Waals surface area contributed by atoms with Crippen LogP contribution in [-0.4, -0.2) is 28.2 Å². The first-order valence-electron chi connectivity index (χ1n) is 3.97. The van der Waals surface area contributed by atoms with Crippen LogP contribution in [0, 0.1) is 0 Å². The summed E-state index contributed by atoms with van der Waals surface area (Å²) in [4.78, 5) is 17.9. The molecule has 0 atom stereocenters. The fraction of sp³-hybridized carbons (Fsp3) is 0.111. The fourth-order valence-corrected chi connectivity index (χ4v) is 1.29. The number of benzene rings is 1. The number of fused-ring (bicyclic) bond motifs is 1. The van der Waals surface area contributed by atoms with Crippen molar-refractivity contribution in [2.45, 2.75) is 0 Å². The maximum absolute atomic E-state index is 11.3. The molecule has 0 spiro atoms. The van der Waals surface area contributed by atoms with Gasteiger partial charge in [-0.05, 0) is 12.1 Å². The van der Waals surface area contributed by atoms with Crippen LogP contribution in [0.4, 0.5) is 0 Å². The van der Waals surface area contributed by atoms with E-state index in [-0.39, 0.29) is 5.75 Å². The number of aromatic nitrogens is 2. The molecule has 2 N–H and O–H groups in total. The highest BCUT2D eigenvalue weighted by atomic mass is 16.5. The molecule has 1 heterocycles. The number of ether oxygens (including phenoxy) is 1. The minimum absolute atomic E-state index is 0.0603. The average molecular weight is 192 g/mol. The number of carbonyl (C=O) groups is 1. The Hall–Kier alpha value is -2.04. The molecule has 2 aromatic rings. The lowest BCUT2D eigenvalue weighted by Gasteiger charge is -2.00. The molecule has 0 radical (unpaired) electrons. The maximum Gasteiger partial charge on any atom is 0.340 e. The van der Waals surface area contributed by atoms with E-state index in [4.69, 9.17) is 0 Å². The van der Waals surface area contributed by atoms with Crippen molar-refractivity contribution >= 4 is 17.0 Å². The Morgan fingerprint density at radius 2 is 2.36 bits per heavy atom. The van der Waals surface area contributed by atoms with Gasteiger partial charge in [-0.1, -0.05) is 0 Å². The third-order valence-electron chi connectivity index (χ3n) is 1.96. The van der Waals surface area contributed by atoms with Crippen molar-refractivity contribution in [2.75, 3.05) is 7.11 Å². The number of nitrogens with one attached hydrogen (secondary N) is 1. The number of H-pyrrole nitrogens is 1. The van der Waals surface area contributed by atoms with Gasteiger partial charge in [0, 0.05) is 0 Å². The Morgan fingerprint density at radius 1 is 1.57 bits per heavy atom. The Kier molecular flexibility index (Phi) is 1.85. The van der Waals surface area contributed by atoms with Crippen LogP contribution in [0.1, 0.15) is 10.4 Å². The maximum atomic E-state index is 11.3. The van der Waals surface area contributed by atoms with Crippen LogP contribution in [0.3, 0.4) is 0 Å². The Balaban J connectivity index is 2.72. The molecule has 1 aromatic carbocycles. The molecule has 5 heteroatoms. The lowest BCUT2D eigenvalue weighted by molar-refractivity contribution is 0.0603. The van der Waals surface area contributed by atoms with Crippen molar-refractivity contribution in [3.8, 4) is 5.75 Å². The minimum Gasteiger partial charge on any atom is -0.506 e. The van der Waals surface area contributed by atoms with Gasteiger partial charge in [-0.3, -0.25) is 0 Å². The van der Waals surface area contributed by atoms with E-state index < -0.39 is 5.97 Å². The number of aromatic amines is 1. The van der Waals surface area contributed by atoms with E-state index in [0.717, 1.165) is 0 Å². The van der Waals surface area contributed by atoms with E-state index in [0.29, 0.717) is 16.6 Å². The Bertz CT molecular complexity index is 490. The number of hydrogen-bond donors (Lipinski definition) is 2. The van der Waals surface area contributed by atoms with Gasteiger partial charge >= 0.3 is 5.97 Å². The van der Waals surface area contributed by atoms with Crippen LogP contribution >= 0.6 is 0 Å². The highest BCUT2D eigenvalue weighted by molar-refractivity contribution is 6.03. The molecule has 5 nitrogen and oxygen atoms in total. The summed E-state index contributed by atoms with van der Waals surface area (Å²) in [5.41, 5.74) is 1.19. The van der Waals surface area contributed by atoms with Crippen molar-refractivity contribution in [1.29, 1.82) is 0 Å². The second kappa shape index (κ2) is 3.02. The SMILES string of the molecule is COC(=O)c1ccc(O)c2[nH]cnc12. The normalized spacial score (nSPS) is 10.4. The summed E-state index contributed by atoms with van der Waals surface area (Å²) >= 11 is 0. The predicted octanol–water partition coefficient (Wildman–Crippen LogP) is 1.06. The zero-order chi connectivity index (χ0) is 10.1. The van der Waals surface area contributed by atoms with Crippen molar-refractivity contribution in [3.63, 3.8) is 0 Å². The standard InChI is InChI=1S/C9H8N2O3/c1-14-9(13)5-2-3-6(12)8-7(5)10-4-11-8/h2-4,12H,1H3,(H,10,11). The van der Waals surface area contributed by atoms with Crippen LogP contribution in [0.2, 0.25) is 0 Å². The molecule has 0 aliphatic carbocycles. The Morgan fingerprint density at radius 3 is 3.07 bits per heavy atom. The van der Waals surface area contributed by atoms with E-state index in [2.05, 4.69) is 14.7 Å². The first kappa shape index (κ1) is 8.55. The molecular weight excluding hydrogens is 184 g/mol. The molecule has 0 aliphatic rings. The van der Waals surface area contributed by atoms with E-state index in [1.54, 1.807) is 0 Å². The summed E-state index contributed by atoms with van der Waals surface area (Å²) in [5, 5.41) is 9.42. The fourth-order valence-electron chi connectivity index (χ4n) is 1.29. The lowest BCUT2D eigenvalue weighted by atomic mass is 10.2. The molecule has 0 saturated heterocycles. The van der Waals surface area contributed by atoms with Gasteiger partial charge in [0.25, 0.3) is 0 Å². The van der Waals surface area contributed by atoms with Gasteiger partial charge < -0.3 is 14.8 Å². The number of imidazole rings is 1. The topological polar surface area (TPSA) is 75.2 Å². The second-order valence-electron chi connectivity index (χ2n) is 2.75. The molecule has 0 fully saturated rings. The zero-order valence-electron chi connectivity index (χ0n) is 7.44. The highest BCUT2D eigenvalue weighted by Crippen LogP contribution is 2.24. The van der Waals surface area contributed by atoms with E-state index >= 15 is 0 Å². The zero-order valence-corrected chi connectivity index (χ0v) is 7.44. The van der Waals surface area contributed by atoms with Crippen LogP contribution in [0.15, 0.2) is 18.5 Å². The summed E-state index contributed by atoms with van der Waals surface area (Å²) < 4.78 is 4.58. The third-order valence-corrected chi connectivity index (χ3v) is 1.96. The third kappa shape index (κ3) is 1.10.